The van der Waals surface area contributed by atoms with Crippen LogP contribution in [-0.4, -0.2) is 42.7 Å². The smallest absolute Gasteiger partial charge is 0.230 e. The molecule has 2 heterocycles. The number of thioether (sulfide) groups is 1. The Bertz CT molecular complexity index is 359. The van der Waals surface area contributed by atoms with Crippen molar-refractivity contribution in [3.63, 3.8) is 0 Å². The lowest BCUT2D eigenvalue weighted by Gasteiger charge is -2.29. The molecule has 1 aromatic rings. The molecule has 1 aliphatic heterocycles. The van der Waals surface area contributed by atoms with Crippen LogP contribution in [0.15, 0.2) is 17.5 Å². The third kappa shape index (κ3) is 4.63. The Morgan fingerprint density at radius 1 is 1.56 bits per heavy atom. The lowest BCUT2D eigenvalue weighted by atomic mass is 10.1. The average molecular weight is 284 g/mol. The van der Waals surface area contributed by atoms with Crippen molar-refractivity contribution in [2.45, 2.75) is 24.6 Å². The summed E-state index contributed by atoms with van der Waals surface area (Å²) in [5.74, 6) is 1.70. The molecule has 5 heteroatoms. The van der Waals surface area contributed by atoms with Gasteiger partial charge in [0.05, 0.1) is 5.75 Å². The van der Waals surface area contributed by atoms with Crippen LogP contribution in [0.2, 0.25) is 0 Å². The van der Waals surface area contributed by atoms with Gasteiger partial charge in [-0.15, -0.1) is 23.1 Å². The molecule has 1 N–H and O–H groups in total. The third-order valence-electron chi connectivity index (χ3n) is 3.14. The van der Waals surface area contributed by atoms with Gasteiger partial charge in [0, 0.05) is 16.7 Å². The van der Waals surface area contributed by atoms with Crippen molar-refractivity contribution < 1.29 is 4.79 Å². The number of hydrogen-bond acceptors (Lipinski definition) is 4. The van der Waals surface area contributed by atoms with E-state index in [9.17, 15) is 4.79 Å². The van der Waals surface area contributed by atoms with Gasteiger partial charge >= 0.3 is 0 Å². The topological polar surface area (TPSA) is 32.3 Å². The van der Waals surface area contributed by atoms with E-state index in [2.05, 4.69) is 34.8 Å². The molecule has 0 bridgehead atoms. The molecule has 0 saturated carbocycles. The summed E-state index contributed by atoms with van der Waals surface area (Å²) in [6, 6.07) is 4.56. The number of hydrogen-bond donors (Lipinski definition) is 1. The lowest BCUT2D eigenvalue weighted by molar-refractivity contribution is -0.119. The van der Waals surface area contributed by atoms with E-state index in [-0.39, 0.29) is 5.91 Å². The van der Waals surface area contributed by atoms with Crippen LogP contribution in [0.3, 0.4) is 0 Å². The zero-order chi connectivity index (χ0) is 12.8. The lowest BCUT2D eigenvalue weighted by Crippen LogP contribution is -2.43. The van der Waals surface area contributed by atoms with Crippen molar-refractivity contribution in [2.75, 3.05) is 25.9 Å². The largest absolute Gasteiger partial charge is 0.353 e. The zero-order valence-electron chi connectivity index (χ0n) is 10.7. The SMILES string of the molecule is CN1CCC(NC(=O)CSCc2cccs2)CC1. The molecule has 2 rings (SSSR count). The van der Waals surface area contributed by atoms with E-state index >= 15 is 0 Å². The van der Waals surface area contributed by atoms with Crippen LogP contribution >= 0.6 is 23.1 Å². The maximum Gasteiger partial charge on any atom is 0.230 e. The Labute approximate surface area is 117 Å². The van der Waals surface area contributed by atoms with Gasteiger partial charge in [-0.1, -0.05) is 6.07 Å². The van der Waals surface area contributed by atoms with E-state index in [4.69, 9.17) is 0 Å². The molecule has 0 aliphatic carbocycles. The van der Waals surface area contributed by atoms with Gasteiger partial charge in [-0.2, -0.15) is 0 Å². The monoisotopic (exact) mass is 284 g/mol. The van der Waals surface area contributed by atoms with Crippen molar-refractivity contribution in [3.8, 4) is 0 Å². The van der Waals surface area contributed by atoms with Crippen molar-refractivity contribution >= 4 is 29.0 Å². The van der Waals surface area contributed by atoms with Crippen LogP contribution in [0.25, 0.3) is 0 Å². The highest BCUT2D eigenvalue weighted by molar-refractivity contribution is 7.99. The fraction of sp³-hybridized carbons (Fsp3) is 0.615. The Hall–Kier alpha value is -0.520. The van der Waals surface area contributed by atoms with Crippen LogP contribution in [-0.2, 0) is 10.5 Å². The summed E-state index contributed by atoms with van der Waals surface area (Å²) in [7, 11) is 2.13. The Morgan fingerprint density at radius 3 is 3.00 bits per heavy atom. The number of carbonyl (C=O) groups is 1. The maximum atomic E-state index is 11.8. The fourth-order valence-corrected chi connectivity index (χ4v) is 3.74. The average Bonchev–Trinajstić information content (AvgIpc) is 2.85. The van der Waals surface area contributed by atoms with Crippen molar-refractivity contribution in [1.82, 2.24) is 10.2 Å². The first-order valence-electron chi connectivity index (χ1n) is 6.32. The van der Waals surface area contributed by atoms with Crippen molar-refractivity contribution in [3.05, 3.63) is 22.4 Å². The van der Waals surface area contributed by atoms with Crippen LogP contribution in [0.4, 0.5) is 0 Å². The summed E-state index contributed by atoms with van der Waals surface area (Å²) >= 11 is 3.45. The molecule has 1 saturated heterocycles. The van der Waals surface area contributed by atoms with Crippen LogP contribution in [0, 0.1) is 0 Å². The van der Waals surface area contributed by atoms with E-state index in [0.29, 0.717) is 11.8 Å². The highest BCUT2D eigenvalue weighted by Gasteiger charge is 2.18. The standard InChI is InChI=1S/C13H20N2OS2/c1-15-6-4-11(5-7-15)14-13(16)10-17-9-12-3-2-8-18-12/h2-3,8,11H,4-7,9-10H2,1H3,(H,14,16). The van der Waals surface area contributed by atoms with Gasteiger partial charge in [0.2, 0.25) is 5.91 Å². The first kappa shape index (κ1) is 13.9. The summed E-state index contributed by atoms with van der Waals surface area (Å²) in [5.41, 5.74) is 0. The Kier molecular flexibility index (Phi) is 5.53. The number of carbonyl (C=O) groups excluding carboxylic acids is 1. The second-order valence-corrected chi connectivity index (χ2v) is 6.74. The molecule has 1 aromatic heterocycles. The predicted octanol–water partition coefficient (Wildman–Crippen LogP) is 2.19. The number of piperidine rings is 1. The molecule has 1 fully saturated rings. The van der Waals surface area contributed by atoms with E-state index in [0.717, 1.165) is 31.7 Å². The van der Waals surface area contributed by atoms with Gasteiger partial charge in [-0.25, -0.2) is 0 Å². The number of nitrogens with zero attached hydrogens (tertiary/aromatic N) is 1. The summed E-state index contributed by atoms with van der Waals surface area (Å²) in [4.78, 5) is 15.4. The number of nitrogens with one attached hydrogen (secondary N) is 1. The van der Waals surface area contributed by atoms with E-state index in [1.165, 1.54) is 4.88 Å². The molecule has 0 radical (unpaired) electrons. The molecule has 0 spiro atoms. The maximum absolute atomic E-state index is 11.8. The molecule has 1 amide bonds. The number of likely N-dealkylation sites (tertiary alicyclic amines) is 1. The van der Waals surface area contributed by atoms with E-state index < -0.39 is 0 Å². The molecule has 1 aliphatic rings. The summed E-state index contributed by atoms with van der Waals surface area (Å²) in [6.07, 6.45) is 2.16. The molecule has 3 nitrogen and oxygen atoms in total. The van der Waals surface area contributed by atoms with Gasteiger partial charge in [0.15, 0.2) is 0 Å². The third-order valence-corrected chi connectivity index (χ3v) is 5.18. The minimum absolute atomic E-state index is 0.186. The quantitative estimate of drug-likeness (QED) is 0.899. The second kappa shape index (κ2) is 7.16. The molecule has 100 valence electrons. The van der Waals surface area contributed by atoms with Crippen LogP contribution in [0.1, 0.15) is 17.7 Å². The summed E-state index contributed by atoms with van der Waals surface area (Å²) < 4.78 is 0. The summed E-state index contributed by atoms with van der Waals surface area (Å²) in [5, 5.41) is 5.21. The molecule has 0 unspecified atom stereocenters. The predicted molar refractivity (Wildman–Crippen MR) is 79.1 cm³/mol. The van der Waals surface area contributed by atoms with E-state index in [1.54, 1.807) is 23.1 Å². The summed E-state index contributed by atoms with van der Waals surface area (Å²) in [6.45, 7) is 2.18. The van der Waals surface area contributed by atoms with Gasteiger partial charge < -0.3 is 10.2 Å². The van der Waals surface area contributed by atoms with Gasteiger partial charge in [-0.05, 0) is 44.4 Å². The molecular weight excluding hydrogens is 264 g/mol. The molecule has 0 aromatic carbocycles. The van der Waals surface area contributed by atoms with E-state index in [1.807, 2.05) is 0 Å². The normalized spacial score (nSPS) is 17.8. The minimum Gasteiger partial charge on any atom is -0.353 e. The minimum atomic E-state index is 0.186. The van der Waals surface area contributed by atoms with Crippen LogP contribution in [0.5, 0.6) is 0 Å². The fourth-order valence-electron chi connectivity index (χ4n) is 2.06. The first-order valence-corrected chi connectivity index (χ1v) is 8.35. The van der Waals surface area contributed by atoms with Crippen molar-refractivity contribution in [1.29, 1.82) is 0 Å². The molecule has 18 heavy (non-hydrogen) atoms. The van der Waals surface area contributed by atoms with Crippen molar-refractivity contribution in [2.24, 2.45) is 0 Å². The van der Waals surface area contributed by atoms with Gasteiger partial charge in [0.25, 0.3) is 0 Å². The Balaban J connectivity index is 1.60. The second-order valence-electron chi connectivity index (χ2n) is 4.72. The molecule has 0 atom stereocenters. The highest BCUT2D eigenvalue weighted by atomic mass is 32.2. The number of thiophene rings is 1. The highest BCUT2D eigenvalue weighted by Crippen LogP contribution is 2.17. The number of rotatable bonds is 5. The Morgan fingerprint density at radius 2 is 2.33 bits per heavy atom. The zero-order valence-corrected chi connectivity index (χ0v) is 12.4. The molecular formula is C13H20N2OS2. The van der Waals surface area contributed by atoms with Gasteiger partial charge in [-0.3, -0.25) is 4.79 Å². The first-order chi connectivity index (χ1) is 8.74. The van der Waals surface area contributed by atoms with Crippen LogP contribution < -0.4 is 5.32 Å². The number of amides is 1. The van der Waals surface area contributed by atoms with Gasteiger partial charge in [0.1, 0.15) is 0 Å².